The van der Waals surface area contributed by atoms with Gasteiger partial charge in [-0.05, 0) is 30.5 Å². The van der Waals surface area contributed by atoms with E-state index in [1.807, 2.05) is 0 Å². The van der Waals surface area contributed by atoms with E-state index in [1.165, 1.54) is 30.0 Å². The Balaban J connectivity index is 1.76. The third-order valence-electron chi connectivity index (χ3n) is 4.01. The molecule has 8 heteroatoms. The first-order chi connectivity index (χ1) is 12.0. The molecule has 0 radical (unpaired) electrons. The minimum absolute atomic E-state index is 0.0950. The lowest BCUT2D eigenvalue weighted by Gasteiger charge is -2.26. The highest BCUT2D eigenvalue weighted by molar-refractivity contribution is 7.99. The predicted molar refractivity (Wildman–Crippen MR) is 94.5 cm³/mol. The van der Waals surface area contributed by atoms with Crippen molar-refractivity contribution in [3.63, 3.8) is 0 Å². The van der Waals surface area contributed by atoms with Crippen LogP contribution >= 0.6 is 11.8 Å². The quantitative estimate of drug-likeness (QED) is 0.627. The second-order valence-electron chi connectivity index (χ2n) is 5.70. The number of non-ortho nitro benzene ring substituents is 1. The molecule has 1 heterocycles. The Bertz CT molecular complexity index is 844. The molecule has 1 unspecified atom stereocenters. The topological polar surface area (TPSA) is 84.3 Å². The van der Waals surface area contributed by atoms with Crippen molar-refractivity contribution in [1.29, 1.82) is 0 Å². The number of benzene rings is 2. The number of nitro benzene ring substituents is 1. The van der Waals surface area contributed by atoms with Crippen LogP contribution < -0.4 is 10.6 Å². The van der Waals surface area contributed by atoms with Crippen LogP contribution in [0.15, 0.2) is 41.3 Å². The first kappa shape index (κ1) is 17.2. The summed E-state index contributed by atoms with van der Waals surface area (Å²) in [6.07, 6.45) is 0.683. The maximum absolute atomic E-state index is 13.9. The normalized spacial score (nSPS) is 16.0. The van der Waals surface area contributed by atoms with Gasteiger partial charge in [0.1, 0.15) is 5.82 Å². The van der Waals surface area contributed by atoms with Crippen LogP contribution in [-0.2, 0) is 0 Å². The van der Waals surface area contributed by atoms with E-state index in [4.69, 9.17) is 0 Å². The van der Waals surface area contributed by atoms with Crippen molar-refractivity contribution >= 4 is 29.2 Å². The second kappa shape index (κ2) is 7.10. The highest BCUT2D eigenvalue weighted by Gasteiger charge is 2.24. The Morgan fingerprint density at radius 3 is 2.92 bits per heavy atom. The average molecular weight is 361 g/mol. The monoisotopic (exact) mass is 361 g/mol. The van der Waals surface area contributed by atoms with Gasteiger partial charge in [0, 0.05) is 22.8 Å². The predicted octanol–water partition coefficient (Wildman–Crippen LogP) is 4.40. The molecule has 1 aliphatic heterocycles. The first-order valence-electron chi connectivity index (χ1n) is 7.69. The molecule has 1 atom stereocenters. The van der Waals surface area contributed by atoms with Gasteiger partial charge < -0.3 is 10.6 Å². The molecular formula is C17H16FN3O3S. The smallest absolute Gasteiger partial charge is 0.319 e. The molecule has 0 aromatic heterocycles. The van der Waals surface area contributed by atoms with Crippen molar-refractivity contribution in [2.45, 2.75) is 24.3 Å². The molecule has 0 fully saturated rings. The minimum Gasteiger partial charge on any atom is -0.331 e. The molecule has 130 valence electrons. The number of nitrogens with zero attached hydrogens (tertiary/aromatic N) is 1. The van der Waals surface area contributed by atoms with Gasteiger partial charge in [-0.15, -0.1) is 11.8 Å². The highest BCUT2D eigenvalue weighted by atomic mass is 32.2. The number of aryl methyl sites for hydroxylation is 1. The van der Waals surface area contributed by atoms with Crippen molar-refractivity contribution in [3.8, 4) is 0 Å². The molecule has 0 aliphatic carbocycles. The van der Waals surface area contributed by atoms with Crippen LogP contribution in [0.4, 0.5) is 20.6 Å². The molecule has 2 N–H and O–H groups in total. The van der Waals surface area contributed by atoms with Crippen LogP contribution in [0.25, 0.3) is 0 Å². The van der Waals surface area contributed by atoms with Gasteiger partial charge in [0.25, 0.3) is 5.69 Å². The lowest BCUT2D eigenvalue weighted by Crippen LogP contribution is -2.34. The molecule has 3 rings (SSSR count). The number of hydrogen-bond donors (Lipinski definition) is 2. The van der Waals surface area contributed by atoms with E-state index in [9.17, 15) is 19.3 Å². The summed E-state index contributed by atoms with van der Waals surface area (Å²) >= 11 is 1.44. The standard InChI is InChI=1S/C17H16FN3O3S/c1-10-5-6-11(21(23)24)9-15(10)20-17(22)19-14-7-8-25-16-12(14)3-2-4-13(16)18/h2-6,9,14H,7-8H2,1H3,(H2,19,20,22). The summed E-state index contributed by atoms with van der Waals surface area (Å²) in [5.74, 6) is 0.415. The number of nitro groups is 1. The van der Waals surface area contributed by atoms with Crippen molar-refractivity contribution in [2.75, 3.05) is 11.1 Å². The Morgan fingerprint density at radius 2 is 2.16 bits per heavy atom. The zero-order chi connectivity index (χ0) is 18.0. The van der Waals surface area contributed by atoms with Gasteiger partial charge in [0.05, 0.1) is 16.7 Å². The minimum atomic E-state index is -0.514. The van der Waals surface area contributed by atoms with Crippen LogP contribution in [0.5, 0.6) is 0 Å². The van der Waals surface area contributed by atoms with Gasteiger partial charge in [-0.1, -0.05) is 18.2 Å². The number of nitrogens with one attached hydrogen (secondary N) is 2. The van der Waals surface area contributed by atoms with Gasteiger partial charge in [-0.2, -0.15) is 0 Å². The van der Waals surface area contributed by atoms with Crippen LogP contribution in [0.2, 0.25) is 0 Å². The number of urea groups is 1. The van der Waals surface area contributed by atoms with Gasteiger partial charge in [-0.3, -0.25) is 10.1 Å². The number of amides is 2. The van der Waals surface area contributed by atoms with Crippen LogP contribution in [0.3, 0.4) is 0 Å². The molecule has 6 nitrogen and oxygen atoms in total. The fourth-order valence-electron chi connectivity index (χ4n) is 2.71. The summed E-state index contributed by atoms with van der Waals surface area (Å²) in [7, 11) is 0. The summed E-state index contributed by atoms with van der Waals surface area (Å²) in [6.45, 7) is 1.75. The number of rotatable bonds is 3. The molecule has 2 amide bonds. The van der Waals surface area contributed by atoms with Gasteiger partial charge in [-0.25, -0.2) is 9.18 Å². The summed E-state index contributed by atoms with van der Waals surface area (Å²) in [5, 5.41) is 16.3. The number of fused-ring (bicyclic) bond motifs is 1. The zero-order valence-electron chi connectivity index (χ0n) is 13.4. The first-order valence-corrected chi connectivity index (χ1v) is 8.68. The number of thioether (sulfide) groups is 1. The Hall–Kier alpha value is -2.61. The van der Waals surface area contributed by atoms with E-state index >= 15 is 0 Å². The van der Waals surface area contributed by atoms with E-state index in [1.54, 1.807) is 25.1 Å². The van der Waals surface area contributed by atoms with Gasteiger partial charge in [0.15, 0.2) is 0 Å². The maximum Gasteiger partial charge on any atom is 0.319 e. The Kier molecular flexibility index (Phi) is 4.89. The Morgan fingerprint density at radius 1 is 1.36 bits per heavy atom. The molecule has 0 spiro atoms. The van der Waals surface area contributed by atoms with Crippen molar-refractivity contribution < 1.29 is 14.1 Å². The summed E-state index contributed by atoms with van der Waals surface area (Å²) in [6, 6.07) is 8.33. The molecular weight excluding hydrogens is 345 g/mol. The molecule has 2 aromatic carbocycles. The van der Waals surface area contributed by atoms with Crippen LogP contribution in [0, 0.1) is 22.9 Å². The fourth-order valence-corrected chi connectivity index (χ4v) is 3.85. The number of carbonyl (C=O) groups excluding carboxylic acids is 1. The summed E-state index contributed by atoms with van der Waals surface area (Å²) < 4.78 is 13.9. The molecule has 2 aromatic rings. The van der Waals surface area contributed by atoms with Crippen molar-refractivity contribution in [2.24, 2.45) is 0 Å². The third kappa shape index (κ3) is 3.74. The molecule has 0 bridgehead atoms. The van der Waals surface area contributed by atoms with E-state index in [2.05, 4.69) is 10.6 Å². The van der Waals surface area contributed by atoms with E-state index < -0.39 is 11.0 Å². The van der Waals surface area contributed by atoms with Gasteiger partial charge in [0.2, 0.25) is 0 Å². The molecule has 25 heavy (non-hydrogen) atoms. The fraction of sp³-hybridized carbons (Fsp3) is 0.235. The summed E-state index contributed by atoms with van der Waals surface area (Å²) in [5.41, 5.74) is 1.74. The van der Waals surface area contributed by atoms with E-state index in [-0.39, 0.29) is 17.5 Å². The maximum atomic E-state index is 13.9. The number of hydrogen-bond acceptors (Lipinski definition) is 4. The number of halogens is 1. The zero-order valence-corrected chi connectivity index (χ0v) is 14.2. The SMILES string of the molecule is Cc1ccc([N+](=O)[O-])cc1NC(=O)NC1CCSc2c(F)cccc21. The molecule has 0 saturated carbocycles. The average Bonchev–Trinajstić information content (AvgIpc) is 2.57. The number of anilines is 1. The largest absolute Gasteiger partial charge is 0.331 e. The second-order valence-corrected chi connectivity index (χ2v) is 6.81. The third-order valence-corrected chi connectivity index (χ3v) is 5.17. The Labute approximate surface area is 148 Å². The molecule has 1 aliphatic rings. The number of carbonyl (C=O) groups is 1. The highest BCUT2D eigenvalue weighted by Crippen LogP contribution is 2.37. The van der Waals surface area contributed by atoms with E-state index in [0.717, 1.165) is 5.56 Å². The van der Waals surface area contributed by atoms with Crippen LogP contribution in [0.1, 0.15) is 23.6 Å². The van der Waals surface area contributed by atoms with Gasteiger partial charge >= 0.3 is 6.03 Å². The summed E-state index contributed by atoms with van der Waals surface area (Å²) in [4.78, 5) is 23.2. The molecule has 0 saturated heterocycles. The van der Waals surface area contributed by atoms with Crippen molar-refractivity contribution in [3.05, 3.63) is 63.5 Å². The van der Waals surface area contributed by atoms with Crippen LogP contribution in [-0.4, -0.2) is 16.7 Å². The lowest BCUT2D eigenvalue weighted by atomic mass is 10.0. The van der Waals surface area contributed by atoms with E-state index in [0.29, 0.717) is 28.3 Å². The lowest BCUT2D eigenvalue weighted by molar-refractivity contribution is -0.384. The van der Waals surface area contributed by atoms with Crippen molar-refractivity contribution in [1.82, 2.24) is 5.32 Å².